The van der Waals surface area contributed by atoms with Crippen molar-refractivity contribution in [3.05, 3.63) is 95.8 Å². The predicted molar refractivity (Wildman–Crippen MR) is 134 cm³/mol. The SMILES string of the molecule is CC(=O)CC(c1ccc(F)cc1)N1CCCC(COc2ccccc2NCc2ccccc2)C1. The van der Waals surface area contributed by atoms with Crippen LogP contribution in [0.25, 0.3) is 0 Å². The average Bonchev–Trinajstić information content (AvgIpc) is 2.86. The van der Waals surface area contributed by atoms with Gasteiger partial charge in [0, 0.05) is 31.5 Å². The number of anilines is 1. The summed E-state index contributed by atoms with van der Waals surface area (Å²) in [5, 5.41) is 3.49. The first-order valence-corrected chi connectivity index (χ1v) is 12.1. The Balaban J connectivity index is 1.38. The molecule has 3 aromatic rings. The smallest absolute Gasteiger partial charge is 0.142 e. The number of piperidine rings is 1. The van der Waals surface area contributed by atoms with Crippen LogP contribution in [0.4, 0.5) is 10.1 Å². The number of hydrogen-bond acceptors (Lipinski definition) is 4. The Morgan fingerprint density at radius 1 is 1.06 bits per heavy atom. The van der Waals surface area contributed by atoms with Gasteiger partial charge >= 0.3 is 0 Å². The zero-order valence-corrected chi connectivity index (χ0v) is 19.8. The van der Waals surface area contributed by atoms with Gasteiger partial charge in [-0.05, 0) is 61.7 Å². The molecule has 1 N–H and O–H groups in total. The van der Waals surface area contributed by atoms with Gasteiger partial charge in [-0.2, -0.15) is 0 Å². The average molecular weight is 461 g/mol. The molecule has 4 nitrogen and oxygen atoms in total. The molecule has 2 unspecified atom stereocenters. The van der Waals surface area contributed by atoms with Crippen molar-refractivity contribution < 1.29 is 13.9 Å². The third kappa shape index (κ3) is 6.67. The van der Waals surface area contributed by atoms with Crippen molar-refractivity contribution in [2.24, 2.45) is 5.92 Å². The highest BCUT2D eigenvalue weighted by molar-refractivity contribution is 5.76. The first-order valence-electron chi connectivity index (χ1n) is 12.1. The minimum absolute atomic E-state index is 0.0271. The predicted octanol–water partition coefficient (Wildman–Crippen LogP) is 6.25. The number of likely N-dealkylation sites (tertiary alicyclic amines) is 1. The van der Waals surface area contributed by atoms with Gasteiger partial charge < -0.3 is 10.1 Å². The Bertz CT molecular complexity index is 1060. The van der Waals surface area contributed by atoms with E-state index in [0.717, 1.165) is 49.5 Å². The fourth-order valence-corrected chi connectivity index (χ4v) is 4.67. The van der Waals surface area contributed by atoms with Crippen LogP contribution in [0.15, 0.2) is 78.9 Å². The van der Waals surface area contributed by atoms with Crippen LogP contribution in [0.2, 0.25) is 0 Å². The van der Waals surface area contributed by atoms with Gasteiger partial charge in [0.15, 0.2) is 0 Å². The van der Waals surface area contributed by atoms with Gasteiger partial charge in [0.05, 0.1) is 12.3 Å². The summed E-state index contributed by atoms with van der Waals surface area (Å²) in [6, 6.07) is 24.9. The lowest BCUT2D eigenvalue weighted by molar-refractivity contribution is -0.118. The number of carbonyl (C=O) groups is 1. The van der Waals surface area contributed by atoms with Gasteiger partial charge in [0.2, 0.25) is 0 Å². The molecule has 1 aliphatic rings. The maximum absolute atomic E-state index is 13.5. The number of para-hydroxylation sites is 2. The number of halogens is 1. The molecular weight excluding hydrogens is 427 g/mol. The summed E-state index contributed by atoms with van der Waals surface area (Å²) in [6.45, 7) is 4.77. The van der Waals surface area contributed by atoms with E-state index in [1.165, 1.54) is 17.7 Å². The monoisotopic (exact) mass is 460 g/mol. The molecule has 0 aliphatic carbocycles. The van der Waals surface area contributed by atoms with E-state index in [9.17, 15) is 9.18 Å². The Labute approximate surface area is 201 Å². The Morgan fingerprint density at radius 3 is 2.56 bits per heavy atom. The van der Waals surface area contributed by atoms with E-state index in [1.807, 2.05) is 42.5 Å². The van der Waals surface area contributed by atoms with Crippen molar-refractivity contribution in [2.45, 2.75) is 38.8 Å². The molecule has 1 aliphatic heterocycles. The van der Waals surface area contributed by atoms with Crippen LogP contribution >= 0.6 is 0 Å². The Kier molecular flexibility index (Phi) is 8.31. The van der Waals surface area contributed by atoms with Crippen molar-refractivity contribution in [2.75, 3.05) is 25.0 Å². The highest BCUT2D eigenvalue weighted by Crippen LogP contribution is 2.31. The number of benzene rings is 3. The molecule has 1 heterocycles. The molecular formula is C29H33FN2O2. The van der Waals surface area contributed by atoms with Gasteiger partial charge in [-0.3, -0.25) is 9.69 Å². The van der Waals surface area contributed by atoms with E-state index in [4.69, 9.17) is 4.74 Å². The molecule has 0 amide bonds. The lowest BCUT2D eigenvalue weighted by Gasteiger charge is -2.38. The zero-order chi connectivity index (χ0) is 23.8. The zero-order valence-electron chi connectivity index (χ0n) is 19.8. The van der Waals surface area contributed by atoms with Crippen LogP contribution in [0.3, 0.4) is 0 Å². The third-order valence-corrected chi connectivity index (χ3v) is 6.41. The van der Waals surface area contributed by atoms with Crippen molar-refractivity contribution in [3.8, 4) is 5.75 Å². The number of ketones is 1. The van der Waals surface area contributed by atoms with Gasteiger partial charge in [0.1, 0.15) is 17.3 Å². The molecule has 34 heavy (non-hydrogen) atoms. The molecule has 4 rings (SSSR count). The van der Waals surface area contributed by atoms with Gasteiger partial charge in [0.25, 0.3) is 0 Å². The summed E-state index contributed by atoms with van der Waals surface area (Å²) in [7, 11) is 0. The van der Waals surface area contributed by atoms with E-state index in [-0.39, 0.29) is 17.6 Å². The van der Waals surface area contributed by atoms with Crippen LogP contribution in [-0.4, -0.2) is 30.4 Å². The molecule has 0 radical (unpaired) electrons. The summed E-state index contributed by atoms with van der Waals surface area (Å²) in [4.78, 5) is 14.4. The van der Waals surface area contributed by atoms with E-state index < -0.39 is 0 Å². The van der Waals surface area contributed by atoms with Crippen molar-refractivity contribution in [1.82, 2.24) is 4.90 Å². The van der Waals surface area contributed by atoms with Gasteiger partial charge in [-0.25, -0.2) is 4.39 Å². The fraction of sp³-hybridized carbons (Fsp3) is 0.345. The maximum Gasteiger partial charge on any atom is 0.142 e. The minimum Gasteiger partial charge on any atom is -0.491 e. The number of rotatable bonds is 10. The van der Waals surface area contributed by atoms with E-state index >= 15 is 0 Å². The molecule has 0 saturated carbocycles. The summed E-state index contributed by atoms with van der Waals surface area (Å²) < 4.78 is 19.8. The second-order valence-corrected chi connectivity index (χ2v) is 9.12. The van der Waals surface area contributed by atoms with Crippen LogP contribution in [0.5, 0.6) is 5.75 Å². The van der Waals surface area contributed by atoms with Gasteiger partial charge in [-0.15, -0.1) is 0 Å². The summed E-state index contributed by atoms with van der Waals surface area (Å²) in [5.74, 6) is 1.11. The van der Waals surface area contributed by atoms with Crippen LogP contribution < -0.4 is 10.1 Å². The van der Waals surface area contributed by atoms with E-state index in [1.54, 1.807) is 19.1 Å². The van der Waals surface area contributed by atoms with Gasteiger partial charge in [-0.1, -0.05) is 54.6 Å². The molecule has 0 spiro atoms. The lowest BCUT2D eigenvalue weighted by atomic mass is 9.93. The van der Waals surface area contributed by atoms with Crippen LogP contribution in [0, 0.1) is 11.7 Å². The number of hydrogen-bond donors (Lipinski definition) is 1. The number of carbonyl (C=O) groups excluding carboxylic acids is 1. The Morgan fingerprint density at radius 2 is 1.79 bits per heavy atom. The molecule has 3 aromatic carbocycles. The molecule has 0 bridgehead atoms. The lowest BCUT2D eigenvalue weighted by Crippen LogP contribution is -2.40. The standard InChI is InChI=1S/C29H33FN2O2/c1-22(33)18-28(25-13-15-26(30)16-14-25)32-17-7-10-24(20-32)21-34-29-12-6-5-11-27(29)31-19-23-8-3-2-4-9-23/h2-6,8-9,11-16,24,28,31H,7,10,17-21H2,1H3. The van der Waals surface area contributed by atoms with Crippen molar-refractivity contribution in [3.63, 3.8) is 0 Å². The van der Waals surface area contributed by atoms with E-state index in [0.29, 0.717) is 18.9 Å². The molecule has 1 fully saturated rings. The molecule has 5 heteroatoms. The second-order valence-electron chi connectivity index (χ2n) is 9.12. The molecule has 0 aromatic heterocycles. The van der Waals surface area contributed by atoms with E-state index in [2.05, 4.69) is 22.3 Å². The molecule has 2 atom stereocenters. The summed E-state index contributed by atoms with van der Waals surface area (Å²) >= 11 is 0. The first kappa shape index (κ1) is 24.0. The first-order chi connectivity index (χ1) is 16.6. The van der Waals surface area contributed by atoms with Crippen LogP contribution in [-0.2, 0) is 11.3 Å². The largest absolute Gasteiger partial charge is 0.491 e. The number of ether oxygens (including phenoxy) is 1. The molecule has 178 valence electrons. The van der Waals surface area contributed by atoms with Crippen molar-refractivity contribution in [1.29, 1.82) is 0 Å². The van der Waals surface area contributed by atoms with Crippen LogP contribution in [0.1, 0.15) is 43.4 Å². The number of Topliss-reactive ketones (excluding diaryl/α,β-unsaturated/α-hetero) is 1. The highest BCUT2D eigenvalue weighted by Gasteiger charge is 2.28. The third-order valence-electron chi connectivity index (χ3n) is 6.41. The minimum atomic E-state index is -0.255. The molecule has 1 saturated heterocycles. The summed E-state index contributed by atoms with van der Waals surface area (Å²) in [5.41, 5.74) is 3.20. The second kappa shape index (κ2) is 11.8. The summed E-state index contributed by atoms with van der Waals surface area (Å²) in [6.07, 6.45) is 2.58. The quantitative estimate of drug-likeness (QED) is 0.388. The maximum atomic E-state index is 13.5. The fourth-order valence-electron chi connectivity index (χ4n) is 4.67. The number of nitrogens with zero attached hydrogens (tertiary/aromatic N) is 1. The van der Waals surface area contributed by atoms with Crippen molar-refractivity contribution >= 4 is 11.5 Å². The Hall–Kier alpha value is -3.18. The topological polar surface area (TPSA) is 41.6 Å². The number of nitrogens with one attached hydrogen (secondary N) is 1. The normalized spacial score (nSPS) is 17.2. The highest BCUT2D eigenvalue weighted by atomic mass is 19.1.